The number of ketones is 1. The number of carbonyl (C=O) groups excluding carboxylic acids is 1. The zero-order valence-corrected chi connectivity index (χ0v) is 11.3. The first-order chi connectivity index (χ1) is 8.63. The minimum Gasteiger partial charge on any atom is -0.458 e. The van der Waals surface area contributed by atoms with Crippen LogP contribution < -0.4 is 0 Å². The van der Waals surface area contributed by atoms with Gasteiger partial charge in [0.1, 0.15) is 11.7 Å². The summed E-state index contributed by atoms with van der Waals surface area (Å²) >= 11 is 3.35. The second-order valence-corrected chi connectivity index (χ2v) is 4.71. The summed E-state index contributed by atoms with van der Waals surface area (Å²) in [5.74, 6) is -0.305. The van der Waals surface area contributed by atoms with Crippen LogP contribution in [-0.2, 0) is 0 Å². The summed E-state index contributed by atoms with van der Waals surface area (Å²) in [5.41, 5.74) is 0.652. The Morgan fingerprint density at radius 2 is 2.06 bits per heavy atom. The highest BCUT2D eigenvalue weighted by Gasteiger charge is 2.25. The summed E-state index contributed by atoms with van der Waals surface area (Å²) in [7, 11) is 0. The van der Waals surface area contributed by atoms with Crippen LogP contribution in [0.15, 0.2) is 45.3 Å². The van der Waals surface area contributed by atoms with Gasteiger partial charge in [-0.2, -0.15) is 5.26 Å². The number of hydrogen-bond donors (Lipinski definition) is 0. The molecule has 0 saturated carbocycles. The molecular formula is C14H10BrNO2. The molecule has 1 heterocycles. The highest BCUT2D eigenvalue weighted by molar-refractivity contribution is 9.10. The summed E-state index contributed by atoms with van der Waals surface area (Å²) in [5, 5.41) is 9.21. The van der Waals surface area contributed by atoms with E-state index in [0.717, 1.165) is 4.47 Å². The maximum absolute atomic E-state index is 12.2. The SMILES string of the molecule is Cc1ccc(C(=O)C(C#N)c2ccccc2Br)o1. The fraction of sp³-hybridized carbons (Fsp3) is 0.143. The average molecular weight is 304 g/mol. The van der Waals surface area contributed by atoms with E-state index in [-0.39, 0.29) is 11.5 Å². The first-order valence-corrected chi connectivity index (χ1v) is 6.17. The van der Waals surface area contributed by atoms with E-state index in [1.807, 2.05) is 12.1 Å². The molecule has 2 rings (SSSR count). The van der Waals surface area contributed by atoms with E-state index >= 15 is 0 Å². The number of nitrogens with zero attached hydrogens (tertiary/aromatic N) is 1. The molecule has 0 aliphatic rings. The topological polar surface area (TPSA) is 54.0 Å². The maximum atomic E-state index is 12.2. The zero-order chi connectivity index (χ0) is 13.1. The number of rotatable bonds is 3. The molecular weight excluding hydrogens is 294 g/mol. The van der Waals surface area contributed by atoms with Gasteiger partial charge < -0.3 is 4.42 Å². The highest BCUT2D eigenvalue weighted by atomic mass is 79.9. The number of Topliss-reactive ketones (excluding diaryl/α,β-unsaturated/α-hetero) is 1. The van der Waals surface area contributed by atoms with Crippen LogP contribution in [0.5, 0.6) is 0 Å². The molecule has 4 heteroatoms. The molecule has 1 aromatic heterocycles. The first kappa shape index (κ1) is 12.6. The van der Waals surface area contributed by atoms with Crippen molar-refractivity contribution in [3.05, 3.63) is 58.0 Å². The van der Waals surface area contributed by atoms with Crippen LogP contribution in [0.3, 0.4) is 0 Å². The third-order valence-corrected chi connectivity index (χ3v) is 3.31. The van der Waals surface area contributed by atoms with Crippen molar-refractivity contribution < 1.29 is 9.21 Å². The minimum absolute atomic E-state index is 0.217. The Balaban J connectivity index is 2.39. The van der Waals surface area contributed by atoms with E-state index in [1.54, 1.807) is 37.3 Å². The molecule has 0 saturated heterocycles. The van der Waals surface area contributed by atoms with Gasteiger partial charge >= 0.3 is 0 Å². The van der Waals surface area contributed by atoms with Crippen LogP contribution >= 0.6 is 15.9 Å². The lowest BCUT2D eigenvalue weighted by Gasteiger charge is -2.08. The Morgan fingerprint density at radius 3 is 2.61 bits per heavy atom. The number of halogens is 1. The van der Waals surface area contributed by atoms with Crippen molar-refractivity contribution in [2.45, 2.75) is 12.8 Å². The fourth-order valence-corrected chi connectivity index (χ4v) is 2.20. The summed E-state index contributed by atoms with van der Waals surface area (Å²) in [6, 6.07) is 12.5. The molecule has 90 valence electrons. The predicted molar refractivity (Wildman–Crippen MR) is 70.3 cm³/mol. The monoisotopic (exact) mass is 303 g/mol. The van der Waals surface area contributed by atoms with Gasteiger partial charge in [0.25, 0.3) is 0 Å². The molecule has 2 aromatic rings. The van der Waals surface area contributed by atoms with Gasteiger partial charge in [-0.15, -0.1) is 0 Å². The van der Waals surface area contributed by atoms with Gasteiger partial charge in [-0.05, 0) is 30.7 Å². The van der Waals surface area contributed by atoms with Crippen molar-refractivity contribution >= 4 is 21.7 Å². The van der Waals surface area contributed by atoms with Gasteiger partial charge in [0, 0.05) is 4.47 Å². The molecule has 1 unspecified atom stereocenters. The molecule has 0 N–H and O–H groups in total. The second-order valence-electron chi connectivity index (χ2n) is 3.86. The predicted octanol–water partition coefficient (Wildman–Crippen LogP) is 3.84. The standard InChI is InChI=1S/C14H10BrNO2/c1-9-6-7-13(18-9)14(17)11(8-16)10-4-2-3-5-12(10)15/h2-7,11H,1H3. The van der Waals surface area contributed by atoms with Gasteiger partial charge in [-0.3, -0.25) is 4.79 Å². The number of benzene rings is 1. The van der Waals surface area contributed by atoms with Crippen molar-refractivity contribution in [1.29, 1.82) is 5.26 Å². The van der Waals surface area contributed by atoms with Crippen LogP contribution in [0.25, 0.3) is 0 Å². The van der Waals surface area contributed by atoms with Crippen molar-refractivity contribution in [1.82, 2.24) is 0 Å². The smallest absolute Gasteiger partial charge is 0.219 e. The summed E-state index contributed by atoms with van der Waals surface area (Å²) in [4.78, 5) is 12.2. The van der Waals surface area contributed by atoms with Crippen LogP contribution in [0.2, 0.25) is 0 Å². The molecule has 0 aliphatic heterocycles. The fourth-order valence-electron chi connectivity index (χ4n) is 1.69. The molecule has 0 radical (unpaired) electrons. The van der Waals surface area contributed by atoms with Gasteiger partial charge in [0.15, 0.2) is 5.76 Å². The summed E-state index contributed by atoms with van der Waals surface area (Å²) in [6.07, 6.45) is 0. The Bertz CT molecular complexity index is 625. The Kier molecular flexibility index (Phi) is 3.63. The Labute approximate surface area is 113 Å². The molecule has 0 fully saturated rings. The van der Waals surface area contributed by atoms with E-state index in [0.29, 0.717) is 11.3 Å². The minimum atomic E-state index is -0.855. The van der Waals surface area contributed by atoms with Gasteiger partial charge in [0.2, 0.25) is 5.78 Å². The van der Waals surface area contributed by atoms with Crippen LogP contribution in [0.1, 0.15) is 27.8 Å². The van der Waals surface area contributed by atoms with Crippen molar-refractivity contribution in [2.75, 3.05) is 0 Å². The van der Waals surface area contributed by atoms with Crippen LogP contribution in [0.4, 0.5) is 0 Å². The Morgan fingerprint density at radius 1 is 1.33 bits per heavy atom. The molecule has 0 bridgehead atoms. The molecule has 0 aliphatic carbocycles. The third-order valence-electron chi connectivity index (χ3n) is 2.59. The molecule has 1 aromatic carbocycles. The molecule has 0 spiro atoms. The first-order valence-electron chi connectivity index (χ1n) is 5.38. The van der Waals surface area contributed by atoms with Gasteiger partial charge in [-0.1, -0.05) is 34.1 Å². The van der Waals surface area contributed by atoms with Crippen molar-refractivity contribution in [3.63, 3.8) is 0 Å². The normalized spacial score (nSPS) is 11.8. The van der Waals surface area contributed by atoms with E-state index < -0.39 is 5.92 Å². The average Bonchev–Trinajstić information content (AvgIpc) is 2.79. The second kappa shape index (κ2) is 5.19. The van der Waals surface area contributed by atoms with Crippen LogP contribution in [-0.4, -0.2) is 5.78 Å². The van der Waals surface area contributed by atoms with Crippen molar-refractivity contribution in [3.8, 4) is 6.07 Å². The van der Waals surface area contributed by atoms with E-state index in [9.17, 15) is 10.1 Å². The Hall–Kier alpha value is -1.86. The van der Waals surface area contributed by atoms with Gasteiger partial charge in [0.05, 0.1) is 6.07 Å². The molecule has 18 heavy (non-hydrogen) atoms. The molecule has 3 nitrogen and oxygen atoms in total. The van der Waals surface area contributed by atoms with E-state index in [2.05, 4.69) is 15.9 Å². The highest BCUT2D eigenvalue weighted by Crippen LogP contribution is 2.27. The quantitative estimate of drug-likeness (QED) is 0.810. The molecule has 0 amide bonds. The van der Waals surface area contributed by atoms with Crippen molar-refractivity contribution in [2.24, 2.45) is 0 Å². The largest absolute Gasteiger partial charge is 0.458 e. The number of furan rings is 1. The zero-order valence-electron chi connectivity index (χ0n) is 9.68. The van der Waals surface area contributed by atoms with E-state index in [4.69, 9.17) is 4.42 Å². The lowest BCUT2D eigenvalue weighted by atomic mass is 9.95. The summed E-state index contributed by atoms with van der Waals surface area (Å²) < 4.78 is 6.02. The third kappa shape index (κ3) is 2.36. The number of aryl methyl sites for hydroxylation is 1. The summed E-state index contributed by atoms with van der Waals surface area (Å²) in [6.45, 7) is 1.76. The number of nitriles is 1. The lowest BCUT2D eigenvalue weighted by molar-refractivity contribution is 0.0950. The number of hydrogen-bond acceptors (Lipinski definition) is 3. The van der Waals surface area contributed by atoms with E-state index in [1.165, 1.54) is 0 Å². The lowest BCUT2D eigenvalue weighted by Crippen LogP contribution is -2.11. The molecule has 1 atom stereocenters. The van der Waals surface area contributed by atoms with Crippen LogP contribution in [0, 0.1) is 18.3 Å². The maximum Gasteiger partial charge on any atom is 0.219 e. The number of carbonyl (C=O) groups is 1. The van der Waals surface area contributed by atoms with Gasteiger partial charge in [-0.25, -0.2) is 0 Å².